The van der Waals surface area contributed by atoms with Gasteiger partial charge < -0.3 is 14.2 Å². The van der Waals surface area contributed by atoms with Crippen molar-refractivity contribution < 1.29 is 14.1 Å². The second-order valence-corrected chi connectivity index (χ2v) is 3.84. The van der Waals surface area contributed by atoms with Crippen LogP contribution < -0.4 is 0 Å². The molecule has 0 unspecified atom stereocenters. The summed E-state index contributed by atoms with van der Waals surface area (Å²) < 4.78 is 10.1. The Morgan fingerprint density at radius 3 is 3.12 bits per heavy atom. The van der Waals surface area contributed by atoms with Crippen molar-refractivity contribution in [1.82, 2.24) is 15.0 Å². The van der Waals surface area contributed by atoms with Crippen molar-refractivity contribution in [2.75, 3.05) is 27.2 Å². The Labute approximate surface area is 98.2 Å². The Kier molecular flexibility index (Phi) is 3.34. The number of esters is 1. The number of carbonyl (C=O) groups is 1. The first-order valence-corrected chi connectivity index (χ1v) is 5.19. The quantitative estimate of drug-likeness (QED) is 0.735. The van der Waals surface area contributed by atoms with Crippen LogP contribution in [0.2, 0.25) is 0 Å². The molecule has 0 bridgehead atoms. The molecule has 2 heterocycles. The third-order valence-corrected chi connectivity index (χ3v) is 2.24. The number of fused-ring (bicyclic) bond motifs is 1. The maximum Gasteiger partial charge on any atom is 0.361 e. The fourth-order valence-electron chi connectivity index (χ4n) is 1.32. The predicted molar refractivity (Wildman–Crippen MR) is 60.6 cm³/mol. The molecule has 0 saturated carbocycles. The van der Waals surface area contributed by atoms with E-state index in [0.717, 1.165) is 0 Å². The van der Waals surface area contributed by atoms with Crippen molar-refractivity contribution in [1.29, 1.82) is 0 Å². The monoisotopic (exact) mass is 235 g/mol. The Hall–Kier alpha value is -1.95. The third-order valence-electron chi connectivity index (χ3n) is 2.24. The van der Waals surface area contributed by atoms with Gasteiger partial charge >= 0.3 is 5.97 Å². The Morgan fingerprint density at radius 2 is 2.35 bits per heavy atom. The second kappa shape index (κ2) is 4.92. The second-order valence-electron chi connectivity index (χ2n) is 3.84. The van der Waals surface area contributed by atoms with Gasteiger partial charge in [-0.05, 0) is 14.1 Å². The minimum absolute atomic E-state index is 0.173. The van der Waals surface area contributed by atoms with Crippen molar-refractivity contribution in [2.45, 2.75) is 0 Å². The first kappa shape index (κ1) is 11.5. The van der Waals surface area contributed by atoms with Crippen LogP contribution in [-0.2, 0) is 4.74 Å². The zero-order valence-electron chi connectivity index (χ0n) is 9.71. The molecule has 0 amide bonds. The zero-order valence-corrected chi connectivity index (χ0v) is 9.71. The van der Waals surface area contributed by atoms with E-state index in [4.69, 9.17) is 9.26 Å². The summed E-state index contributed by atoms with van der Waals surface area (Å²) in [7, 11) is 3.81. The normalized spacial score (nSPS) is 11.0. The molecule has 0 N–H and O–H groups in total. The van der Waals surface area contributed by atoms with Gasteiger partial charge in [-0.25, -0.2) is 4.79 Å². The van der Waals surface area contributed by atoms with E-state index in [9.17, 15) is 4.79 Å². The summed E-state index contributed by atoms with van der Waals surface area (Å²) in [4.78, 5) is 17.6. The molecule has 0 spiro atoms. The highest BCUT2D eigenvalue weighted by Crippen LogP contribution is 2.17. The van der Waals surface area contributed by atoms with Crippen molar-refractivity contribution in [3.8, 4) is 0 Å². The lowest BCUT2D eigenvalue weighted by Crippen LogP contribution is -2.20. The van der Waals surface area contributed by atoms with E-state index in [-0.39, 0.29) is 5.69 Å². The van der Waals surface area contributed by atoms with Gasteiger partial charge in [-0.15, -0.1) is 0 Å². The number of nitrogens with zero attached hydrogens (tertiary/aromatic N) is 3. The summed E-state index contributed by atoms with van der Waals surface area (Å²) in [6.07, 6.45) is 3.11. The molecule has 2 aromatic rings. The van der Waals surface area contributed by atoms with E-state index < -0.39 is 5.97 Å². The highest BCUT2D eigenvalue weighted by molar-refractivity contribution is 6.00. The van der Waals surface area contributed by atoms with Crippen LogP contribution in [0.5, 0.6) is 0 Å². The van der Waals surface area contributed by atoms with Crippen LogP contribution in [0.3, 0.4) is 0 Å². The van der Waals surface area contributed by atoms with Crippen LogP contribution in [0.25, 0.3) is 11.0 Å². The van der Waals surface area contributed by atoms with E-state index in [2.05, 4.69) is 10.1 Å². The molecule has 0 radical (unpaired) electrons. The van der Waals surface area contributed by atoms with Crippen LogP contribution in [0.4, 0.5) is 0 Å². The van der Waals surface area contributed by atoms with Gasteiger partial charge in [0, 0.05) is 25.0 Å². The van der Waals surface area contributed by atoms with Gasteiger partial charge in [-0.3, -0.25) is 4.98 Å². The number of ether oxygens (including phenoxy) is 1. The number of hydrogen-bond donors (Lipinski definition) is 0. The van der Waals surface area contributed by atoms with Gasteiger partial charge in [0.05, 0.1) is 5.39 Å². The third kappa shape index (κ3) is 2.59. The van der Waals surface area contributed by atoms with E-state index in [0.29, 0.717) is 24.1 Å². The summed E-state index contributed by atoms with van der Waals surface area (Å²) in [6, 6.07) is 1.65. The molecular formula is C11H13N3O3. The molecule has 6 heteroatoms. The van der Waals surface area contributed by atoms with Crippen LogP contribution >= 0.6 is 0 Å². The maximum atomic E-state index is 11.7. The molecular weight excluding hydrogens is 222 g/mol. The average Bonchev–Trinajstić information content (AvgIpc) is 2.72. The van der Waals surface area contributed by atoms with E-state index >= 15 is 0 Å². The molecule has 0 aliphatic rings. The van der Waals surface area contributed by atoms with Gasteiger partial charge in [0.25, 0.3) is 0 Å². The molecule has 2 rings (SSSR count). The highest BCUT2D eigenvalue weighted by Gasteiger charge is 2.17. The number of pyridine rings is 1. The summed E-state index contributed by atoms with van der Waals surface area (Å²) in [6.45, 7) is 0.986. The Bertz CT molecular complexity index is 521. The van der Waals surface area contributed by atoms with Crippen molar-refractivity contribution in [3.05, 3.63) is 24.2 Å². The van der Waals surface area contributed by atoms with Gasteiger partial charge in [-0.2, -0.15) is 0 Å². The van der Waals surface area contributed by atoms with Crippen molar-refractivity contribution in [3.63, 3.8) is 0 Å². The van der Waals surface area contributed by atoms with Gasteiger partial charge in [0.2, 0.25) is 5.69 Å². The summed E-state index contributed by atoms with van der Waals surface area (Å²) in [5.74, 6) is -0.487. The van der Waals surface area contributed by atoms with Gasteiger partial charge in [0.15, 0.2) is 5.58 Å². The predicted octanol–water partition coefficient (Wildman–Crippen LogP) is 0.941. The minimum atomic E-state index is -0.487. The fraction of sp³-hybridized carbons (Fsp3) is 0.364. The topological polar surface area (TPSA) is 68.5 Å². The SMILES string of the molecule is CN(C)CCOC(=O)c1noc2ccncc12. The lowest BCUT2D eigenvalue weighted by atomic mass is 10.3. The van der Waals surface area contributed by atoms with Crippen LogP contribution in [0.1, 0.15) is 10.5 Å². The molecule has 0 aliphatic carbocycles. The molecule has 0 saturated heterocycles. The van der Waals surface area contributed by atoms with Crippen molar-refractivity contribution >= 4 is 16.9 Å². The summed E-state index contributed by atoms with van der Waals surface area (Å²) in [5.41, 5.74) is 0.700. The highest BCUT2D eigenvalue weighted by atomic mass is 16.5. The van der Waals surface area contributed by atoms with E-state index in [1.54, 1.807) is 12.3 Å². The van der Waals surface area contributed by atoms with E-state index in [1.807, 2.05) is 19.0 Å². The number of hydrogen-bond acceptors (Lipinski definition) is 6. The number of aromatic nitrogens is 2. The zero-order chi connectivity index (χ0) is 12.3. The molecule has 0 aromatic carbocycles. The minimum Gasteiger partial charge on any atom is -0.459 e. The molecule has 0 aliphatic heterocycles. The lowest BCUT2D eigenvalue weighted by molar-refractivity contribution is 0.0472. The van der Waals surface area contributed by atoms with Gasteiger partial charge in [-0.1, -0.05) is 5.16 Å². The van der Waals surface area contributed by atoms with Gasteiger partial charge in [0.1, 0.15) is 6.61 Å². The summed E-state index contributed by atoms with van der Waals surface area (Å²) >= 11 is 0. The lowest BCUT2D eigenvalue weighted by Gasteiger charge is -2.08. The standard InChI is InChI=1S/C11H13N3O3/c1-14(2)5-6-16-11(15)10-8-7-12-4-3-9(8)17-13-10/h3-4,7H,5-6H2,1-2H3. The largest absolute Gasteiger partial charge is 0.459 e. The average molecular weight is 235 g/mol. The van der Waals surface area contributed by atoms with Crippen LogP contribution in [-0.4, -0.2) is 48.3 Å². The first-order chi connectivity index (χ1) is 8.18. The first-order valence-electron chi connectivity index (χ1n) is 5.19. The van der Waals surface area contributed by atoms with E-state index in [1.165, 1.54) is 6.20 Å². The number of rotatable bonds is 4. The molecule has 90 valence electrons. The summed E-state index contributed by atoms with van der Waals surface area (Å²) in [5, 5.41) is 4.26. The Balaban J connectivity index is 2.09. The number of carbonyl (C=O) groups excluding carboxylic acids is 1. The van der Waals surface area contributed by atoms with Crippen molar-refractivity contribution in [2.24, 2.45) is 0 Å². The fourth-order valence-corrected chi connectivity index (χ4v) is 1.32. The van der Waals surface area contributed by atoms with Crippen LogP contribution in [0.15, 0.2) is 23.0 Å². The maximum absolute atomic E-state index is 11.7. The molecule has 0 fully saturated rings. The number of likely N-dealkylation sites (N-methyl/N-ethyl adjacent to an activating group) is 1. The Morgan fingerprint density at radius 1 is 1.53 bits per heavy atom. The van der Waals surface area contributed by atoms with Crippen LogP contribution in [0, 0.1) is 0 Å². The molecule has 2 aromatic heterocycles. The molecule has 17 heavy (non-hydrogen) atoms. The molecule has 6 nitrogen and oxygen atoms in total. The molecule has 0 atom stereocenters. The smallest absolute Gasteiger partial charge is 0.361 e.